The quantitative estimate of drug-likeness (QED) is 0.385. The summed E-state index contributed by atoms with van der Waals surface area (Å²) in [6.07, 6.45) is 5.83. The van der Waals surface area contributed by atoms with Gasteiger partial charge < -0.3 is 14.8 Å². The third-order valence-electron chi connectivity index (χ3n) is 5.78. The van der Waals surface area contributed by atoms with Crippen molar-refractivity contribution in [2.24, 2.45) is 5.92 Å². The minimum Gasteiger partial charge on any atom is -0.490 e. The maximum absolute atomic E-state index is 6.16. The number of fused-ring (bicyclic) bond motifs is 3. The van der Waals surface area contributed by atoms with Crippen molar-refractivity contribution >= 4 is 17.0 Å². The third-order valence-corrected chi connectivity index (χ3v) is 6.86. The lowest BCUT2D eigenvalue weighted by molar-refractivity contribution is 0.217. The first kappa shape index (κ1) is 18.3. The molecular weight excluding hydrogens is 378 g/mol. The van der Waals surface area contributed by atoms with Crippen LogP contribution in [0.15, 0.2) is 72.8 Å². The largest absolute Gasteiger partial charge is 0.490 e. The van der Waals surface area contributed by atoms with Crippen LogP contribution < -0.4 is 14.8 Å². The van der Waals surface area contributed by atoms with Crippen LogP contribution in [0.25, 0.3) is 0 Å². The molecule has 0 spiro atoms. The average Bonchev–Trinajstić information content (AvgIpc) is 3.41. The molecule has 3 aromatic rings. The van der Waals surface area contributed by atoms with Crippen LogP contribution in [0.4, 0.5) is 5.69 Å². The van der Waals surface area contributed by atoms with Crippen molar-refractivity contribution in [1.82, 2.24) is 0 Å². The zero-order valence-corrected chi connectivity index (χ0v) is 17.3. The lowest BCUT2D eigenvalue weighted by Crippen LogP contribution is -2.29. The van der Waals surface area contributed by atoms with Crippen molar-refractivity contribution in [2.75, 3.05) is 18.5 Å². The zero-order chi connectivity index (χ0) is 19.6. The topological polar surface area (TPSA) is 30.5 Å². The van der Waals surface area contributed by atoms with Crippen LogP contribution in [0.5, 0.6) is 11.5 Å². The summed E-state index contributed by atoms with van der Waals surface area (Å²) in [6.45, 7) is 3.21. The second-order valence-corrected chi connectivity index (χ2v) is 8.97. The van der Waals surface area contributed by atoms with Crippen molar-refractivity contribution in [3.8, 4) is 11.5 Å². The third kappa shape index (κ3) is 3.65. The van der Waals surface area contributed by atoms with E-state index in [-0.39, 0.29) is 0 Å². The molecule has 0 radical (unpaired) electrons. The van der Waals surface area contributed by atoms with E-state index in [1.54, 1.807) is 0 Å². The van der Waals surface area contributed by atoms with Gasteiger partial charge in [0.1, 0.15) is 24.7 Å². The van der Waals surface area contributed by atoms with Crippen molar-refractivity contribution in [1.29, 1.82) is 0 Å². The molecule has 2 heterocycles. The number of ether oxygens (including phenoxy) is 2. The van der Waals surface area contributed by atoms with Gasteiger partial charge in [0.2, 0.25) is 0 Å². The normalized spacial score (nSPS) is 21.9. The van der Waals surface area contributed by atoms with Gasteiger partial charge in [0, 0.05) is 15.7 Å². The molecule has 0 saturated heterocycles. The van der Waals surface area contributed by atoms with E-state index in [4.69, 9.17) is 9.47 Å². The van der Waals surface area contributed by atoms with E-state index in [9.17, 15) is 0 Å². The molecule has 4 heteroatoms. The molecule has 1 aliphatic heterocycles. The Kier molecular flexibility index (Phi) is 5.03. The highest BCUT2D eigenvalue weighted by Crippen LogP contribution is 2.52. The van der Waals surface area contributed by atoms with Crippen LogP contribution in [-0.2, 0) is 0 Å². The second-order valence-electron chi connectivity index (χ2n) is 7.65. The summed E-state index contributed by atoms with van der Waals surface area (Å²) in [5.74, 6) is 2.80. The Labute approximate surface area is 176 Å². The molecule has 0 fully saturated rings. The van der Waals surface area contributed by atoms with E-state index >= 15 is 0 Å². The summed E-state index contributed by atoms with van der Waals surface area (Å²) in [6, 6.07) is 21.1. The van der Waals surface area contributed by atoms with Gasteiger partial charge in [-0.1, -0.05) is 42.5 Å². The van der Waals surface area contributed by atoms with Gasteiger partial charge in [-0.05, 0) is 55.2 Å². The number of allylic oxidation sites excluding steroid dienone is 2. The van der Waals surface area contributed by atoms with Gasteiger partial charge in [0.25, 0.3) is 0 Å². The first-order valence-corrected chi connectivity index (χ1v) is 11.0. The summed E-state index contributed by atoms with van der Waals surface area (Å²) in [5, 5.41) is 3.83. The summed E-state index contributed by atoms with van der Waals surface area (Å²) >= 11 is 1.89. The Hall–Kier alpha value is -2.72. The molecule has 2 aromatic carbocycles. The fourth-order valence-electron chi connectivity index (χ4n) is 4.44. The number of hydrogen-bond donors (Lipinski definition) is 1. The summed E-state index contributed by atoms with van der Waals surface area (Å²) in [7, 11) is 0. The molecule has 3 atom stereocenters. The minimum absolute atomic E-state index is 0.325. The highest BCUT2D eigenvalue weighted by Gasteiger charge is 2.39. The van der Waals surface area contributed by atoms with Crippen molar-refractivity contribution in [3.63, 3.8) is 0 Å². The number of benzene rings is 2. The molecule has 1 aliphatic carbocycles. The van der Waals surface area contributed by atoms with E-state index in [1.807, 2.05) is 41.7 Å². The monoisotopic (exact) mass is 403 g/mol. The van der Waals surface area contributed by atoms with Crippen molar-refractivity contribution in [2.45, 2.75) is 25.3 Å². The van der Waals surface area contributed by atoms with Crippen LogP contribution in [0.2, 0.25) is 0 Å². The van der Waals surface area contributed by atoms with Gasteiger partial charge in [0.05, 0.1) is 11.7 Å². The van der Waals surface area contributed by atoms with E-state index in [1.165, 1.54) is 15.3 Å². The number of rotatable bonds is 6. The Morgan fingerprint density at radius 2 is 1.83 bits per heavy atom. The van der Waals surface area contributed by atoms with E-state index in [2.05, 4.69) is 54.7 Å². The lowest BCUT2D eigenvalue weighted by atomic mass is 9.78. The highest BCUT2D eigenvalue weighted by molar-refractivity contribution is 7.12. The molecule has 0 bridgehead atoms. The smallest absolute Gasteiger partial charge is 0.142 e. The van der Waals surface area contributed by atoms with Crippen LogP contribution >= 0.6 is 11.3 Å². The first-order chi connectivity index (χ1) is 14.3. The number of nitrogens with one attached hydrogen (secondary N) is 1. The molecule has 5 rings (SSSR count). The number of para-hydroxylation sites is 2. The molecule has 2 aliphatic rings. The summed E-state index contributed by atoms with van der Waals surface area (Å²) in [4.78, 5) is 2.77. The van der Waals surface area contributed by atoms with Gasteiger partial charge >= 0.3 is 0 Å². The molecule has 1 aromatic heterocycles. The lowest BCUT2D eigenvalue weighted by Gasteiger charge is -2.37. The SMILES string of the molecule is Cc1ccc(C2Nc3c(OCCOc4ccccc4)cccc3C3C=CCC32)s1. The maximum Gasteiger partial charge on any atom is 0.142 e. The zero-order valence-electron chi connectivity index (χ0n) is 16.5. The highest BCUT2D eigenvalue weighted by atomic mass is 32.1. The van der Waals surface area contributed by atoms with E-state index in [0.717, 1.165) is 23.6 Å². The Bertz CT molecular complexity index is 1010. The van der Waals surface area contributed by atoms with Gasteiger partial charge in [-0.15, -0.1) is 11.3 Å². The predicted molar refractivity (Wildman–Crippen MR) is 119 cm³/mol. The van der Waals surface area contributed by atoms with Gasteiger partial charge in [0.15, 0.2) is 0 Å². The molecule has 3 nitrogen and oxygen atoms in total. The van der Waals surface area contributed by atoms with E-state index < -0.39 is 0 Å². The minimum atomic E-state index is 0.325. The first-order valence-electron chi connectivity index (χ1n) is 10.2. The van der Waals surface area contributed by atoms with Gasteiger partial charge in [-0.25, -0.2) is 0 Å². The van der Waals surface area contributed by atoms with Crippen LogP contribution in [0.1, 0.15) is 33.7 Å². The molecule has 3 unspecified atom stereocenters. The number of anilines is 1. The van der Waals surface area contributed by atoms with E-state index in [0.29, 0.717) is 31.1 Å². The fourth-order valence-corrected chi connectivity index (χ4v) is 5.45. The standard InChI is InChI=1S/C25H25NO2S/c1-17-13-14-23(29-17)25-21-10-5-9-19(21)20-11-6-12-22(24(20)26-25)28-16-15-27-18-7-3-2-4-8-18/h2-9,11-14,19,21,25-26H,10,15-16H2,1H3. The Morgan fingerprint density at radius 3 is 2.66 bits per heavy atom. The number of aryl methyl sites for hydroxylation is 1. The number of hydrogen-bond acceptors (Lipinski definition) is 4. The Morgan fingerprint density at radius 1 is 0.966 bits per heavy atom. The van der Waals surface area contributed by atoms with Crippen LogP contribution in [0, 0.1) is 12.8 Å². The summed E-state index contributed by atoms with van der Waals surface area (Å²) in [5.41, 5.74) is 2.48. The van der Waals surface area contributed by atoms with Crippen molar-refractivity contribution in [3.05, 3.63) is 88.1 Å². The van der Waals surface area contributed by atoms with Crippen molar-refractivity contribution < 1.29 is 9.47 Å². The van der Waals surface area contributed by atoms with Gasteiger partial charge in [-0.2, -0.15) is 0 Å². The molecule has 0 amide bonds. The number of thiophene rings is 1. The van der Waals surface area contributed by atoms with Crippen LogP contribution in [0.3, 0.4) is 0 Å². The summed E-state index contributed by atoms with van der Waals surface area (Å²) < 4.78 is 11.9. The average molecular weight is 404 g/mol. The predicted octanol–water partition coefficient (Wildman–Crippen LogP) is 6.34. The molecule has 148 valence electrons. The molecular formula is C25H25NO2S. The molecule has 29 heavy (non-hydrogen) atoms. The van der Waals surface area contributed by atoms with Crippen LogP contribution in [-0.4, -0.2) is 13.2 Å². The van der Waals surface area contributed by atoms with Gasteiger partial charge in [-0.3, -0.25) is 0 Å². The second kappa shape index (κ2) is 7.96. The Balaban J connectivity index is 1.35. The fraction of sp³-hybridized carbons (Fsp3) is 0.280. The maximum atomic E-state index is 6.16. The molecule has 1 N–H and O–H groups in total. The molecule has 0 saturated carbocycles.